The van der Waals surface area contributed by atoms with E-state index in [4.69, 9.17) is 5.73 Å². The molecule has 3 heterocycles. The molecule has 32 heavy (non-hydrogen) atoms. The van der Waals surface area contributed by atoms with Gasteiger partial charge in [0.05, 0.1) is 11.3 Å². The van der Waals surface area contributed by atoms with Crippen LogP contribution in [0.3, 0.4) is 0 Å². The maximum atomic E-state index is 12.8. The number of rotatable bonds is 5. The molecule has 0 aliphatic carbocycles. The molecule has 2 aromatic rings. The highest BCUT2D eigenvalue weighted by Crippen LogP contribution is 2.37. The lowest BCUT2D eigenvalue weighted by atomic mass is 10.0. The number of hydrogen-bond donors (Lipinski definition) is 2. The predicted molar refractivity (Wildman–Crippen MR) is 125 cm³/mol. The number of carbonyl (C=O) groups is 4. The predicted octanol–water partition coefficient (Wildman–Crippen LogP) is 2.94. The van der Waals surface area contributed by atoms with Gasteiger partial charge in [-0.2, -0.15) is 0 Å². The highest BCUT2D eigenvalue weighted by Gasteiger charge is 2.31. The number of benzene rings is 1. The quantitative estimate of drug-likeness (QED) is 0.644. The maximum Gasteiger partial charge on any atom is 0.256 e. The van der Waals surface area contributed by atoms with Crippen molar-refractivity contribution in [3.63, 3.8) is 0 Å². The summed E-state index contributed by atoms with van der Waals surface area (Å²) in [5, 5.41) is 3.29. The third-order valence-corrected chi connectivity index (χ3v) is 6.86. The molecule has 0 atom stereocenters. The number of halogens is 1. The second kappa shape index (κ2) is 9.40. The molecule has 1 aromatic carbocycles. The molecule has 0 bridgehead atoms. The van der Waals surface area contributed by atoms with Gasteiger partial charge >= 0.3 is 0 Å². The van der Waals surface area contributed by atoms with Crippen LogP contribution in [0.25, 0.3) is 0 Å². The first-order valence-electron chi connectivity index (χ1n) is 10.2. The Morgan fingerprint density at radius 2 is 1.69 bits per heavy atom. The van der Waals surface area contributed by atoms with E-state index in [9.17, 15) is 19.2 Å². The van der Waals surface area contributed by atoms with Gasteiger partial charge in [-0.15, -0.1) is 23.7 Å². The Kier molecular flexibility index (Phi) is 7.02. The second-order valence-corrected chi connectivity index (χ2v) is 9.12. The minimum Gasteiger partial charge on any atom is -0.365 e. The van der Waals surface area contributed by atoms with Gasteiger partial charge < -0.3 is 11.1 Å². The molecule has 0 radical (unpaired) electrons. The Bertz CT molecular complexity index is 1060. The SMILES string of the molecule is CC(C)N1CCc2c(sc(NC(=O)c3ccc(N4C(=O)CCC4=O)cc3)c2C(N)=O)C1.Cl. The second-order valence-electron chi connectivity index (χ2n) is 8.01. The molecule has 0 saturated carbocycles. The summed E-state index contributed by atoms with van der Waals surface area (Å²) in [6, 6.07) is 6.65. The lowest BCUT2D eigenvalue weighted by Crippen LogP contribution is -2.35. The van der Waals surface area contributed by atoms with Crippen molar-refractivity contribution < 1.29 is 19.2 Å². The summed E-state index contributed by atoms with van der Waals surface area (Å²) in [6.07, 6.45) is 1.12. The van der Waals surface area contributed by atoms with Gasteiger partial charge in [-0.1, -0.05) is 0 Å². The molecule has 1 saturated heterocycles. The highest BCUT2D eigenvalue weighted by molar-refractivity contribution is 7.17. The van der Waals surface area contributed by atoms with Gasteiger partial charge in [0.25, 0.3) is 11.8 Å². The Labute approximate surface area is 196 Å². The number of primary amides is 1. The minimum absolute atomic E-state index is 0. The average molecular weight is 477 g/mol. The van der Waals surface area contributed by atoms with Gasteiger partial charge in [0.1, 0.15) is 5.00 Å². The number of anilines is 2. The number of nitrogens with zero attached hydrogens (tertiary/aromatic N) is 2. The molecule has 0 unspecified atom stereocenters. The normalized spacial score (nSPS) is 16.2. The van der Waals surface area contributed by atoms with Crippen LogP contribution in [0.15, 0.2) is 24.3 Å². The molecule has 4 rings (SSSR count). The molecule has 4 amide bonds. The summed E-state index contributed by atoms with van der Waals surface area (Å²) in [5.41, 5.74) is 7.76. The van der Waals surface area contributed by atoms with E-state index < -0.39 is 5.91 Å². The number of carbonyl (C=O) groups excluding carboxylic acids is 4. The number of nitrogens with one attached hydrogen (secondary N) is 1. The zero-order valence-electron chi connectivity index (χ0n) is 17.8. The molecule has 8 nitrogen and oxygen atoms in total. The summed E-state index contributed by atoms with van der Waals surface area (Å²) < 4.78 is 0. The standard InChI is InChI=1S/C22H24N4O4S.ClH/c1-12(2)25-10-9-15-16(11-25)31-22(19(15)20(23)29)24-21(30)13-3-5-14(6-4-13)26-17(27)7-8-18(26)28;/h3-6,12H,7-11H2,1-2H3,(H2,23,29)(H,24,30);1H. The monoisotopic (exact) mass is 476 g/mol. The van der Waals surface area contributed by atoms with Crippen LogP contribution in [0.1, 0.15) is 57.8 Å². The first-order valence-corrected chi connectivity index (χ1v) is 11.0. The van der Waals surface area contributed by atoms with Crippen LogP contribution in [0.4, 0.5) is 10.7 Å². The van der Waals surface area contributed by atoms with Crippen molar-refractivity contribution in [1.29, 1.82) is 0 Å². The number of amides is 4. The van der Waals surface area contributed by atoms with E-state index in [-0.39, 0.29) is 43.0 Å². The highest BCUT2D eigenvalue weighted by atomic mass is 35.5. The number of nitrogens with two attached hydrogens (primary N) is 1. The molecule has 170 valence electrons. The summed E-state index contributed by atoms with van der Waals surface area (Å²) in [5.74, 6) is -1.42. The fourth-order valence-electron chi connectivity index (χ4n) is 4.01. The van der Waals surface area contributed by atoms with Crippen molar-refractivity contribution in [1.82, 2.24) is 4.90 Å². The van der Waals surface area contributed by atoms with Crippen molar-refractivity contribution >= 4 is 58.1 Å². The molecular formula is C22H25ClN4O4S. The van der Waals surface area contributed by atoms with Gasteiger partial charge in [-0.3, -0.25) is 29.0 Å². The van der Waals surface area contributed by atoms with Gasteiger partial charge in [0, 0.05) is 42.4 Å². The van der Waals surface area contributed by atoms with Crippen molar-refractivity contribution in [3.05, 3.63) is 45.8 Å². The Balaban J connectivity index is 0.00000289. The summed E-state index contributed by atoms with van der Waals surface area (Å²) >= 11 is 1.39. The van der Waals surface area contributed by atoms with Gasteiger partial charge in [0.2, 0.25) is 11.8 Å². The van der Waals surface area contributed by atoms with E-state index in [0.29, 0.717) is 34.3 Å². The van der Waals surface area contributed by atoms with Crippen molar-refractivity contribution in [2.24, 2.45) is 5.73 Å². The van der Waals surface area contributed by atoms with Crippen molar-refractivity contribution in [3.8, 4) is 0 Å². The van der Waals surface area contributed by atoms with Crippen LogP contribution >= 0.6 is 23.7 Å². The van der Waals surface area contributed by atoms with Gasteiger partial charge in [-0.05, 0) is 50.1 Å². The van der Waals surface area contributed by atoms with Crippen LogP contribution < -0.4 is 16.0 Å². The minimum atomic E-state index is -0.549. The topological polar surface area (TPSA) is 113 Å². The van der Waals surface area contributed by atoms with Gasteiger partial charge in [0.15, 0.2) is 0 Å². The Morgan fingerprint density at radius 1 is 1.06 bits per heavy atom. The van der Waals surface area contributed by atoms with Gasteiger partial charge in [-0.25, -0.2) is 0 Å². The fourth-order valence-corrected chi connectivity index (χ4v) is 5.29. The average Bonchev–Trinajstić information content (AvgIpc) is 3.26. The zero-order valence-corrected chi connectivity index (χ0v) is 19.5. The van der Waals surface area contributed by atoms with Crippen LogP contribution in [-0.4, -0.2) is 41.1 Å². The fraction of sp³-hybridized carbons (Fsp3) is 0.364. The van der Waals surface area contributed by atoms with Crippen LogP contribution in [0.2, 0.25) is 0 Å². The molecular weight excluding hydrogens is 452 g/mol. The first-order chi connectivity index (χ1) is 14.8. The molecule has 0 spiro atoms. The molecule has 3 N–H and O–H groups in total. The maximum absolute atomic E-state index is 12.8. The smallest absolute Gasteiger partial charge is 0.256 e. The zero-order chi connectivity index (χ0) is 22.3. The third-order valence-electron chi connectivity index (χ3n) is 5.73. The lowest BCUT2D eigenvalue weighted by Gasteiger charge is -2.30. The Hall–Kier alpha value is -2.75. The molecule has 1 fully saturated rings. The first kappa shape index (κ1) is 23.9. The number of fused-ring (bicyclic) bond motifs is 1. The van der Waals surface area contributed by atoms with E-state index >= 15 is 0 Å². The number of imide groups is 1. The van der Waals surface area contributed by atoms with E-state index in [2.05, 4.69) is 24.1 Å². The summed E-state index contributed by atoms with van der Waals surface area (Å²) in [4.78, 5) is 53.2. The Morgan fingerprint density at radius 3 is 2.25 bits per heavy atom. The van der Waals surface area contributed by atoms with E-state index in [0.717, 1.165) is 28.4 Å². The van der Waals surface area contributed by atoms with Crippen LogP contribution in [-0.2, 0) is 22.6 Å². The van der Waals surface area contributed by atoms with E-state index in [1.54, 1.807) is 24.3 Å². The summed E-state index contributed by atoms with van der Waals surface area (Å²) in [6.45, 7) is 5.82. The van der Waals surface area contributed by atoms with E-state index in [1.807, 2.05) is 0 Å². The van der Waals surface area contributed by atoms with Crippen LogP contribution in [0.5, 0.6) is 0 Å². The third kappa shape index (κ3) is 4.41. The van der Waals surface area contributed by atoms with E-state index in [1.165, 1.54) is 11.3 Å². The molecule has 2 aliphatic heterocycles. The molecule has 1 aromatic heterocycles. The molecule has 10 heteroatoms. The number of thiophene rings is 1. The summed E-state index contributed by atoms with van der Waals surface area (Å²) in [7, 11) is 0. The molecule has 2 aliphatic rings. The largest absolute Gasteiger partial charge is 0.365 e. The van der Waals surface area contributed by atoms with Crippen molar-refractivity contribution in [2.75, 3.05) is 16.8 Å². The van der Waals surface area contributed by atoms with Crippen LogP contribution in [0, 0.1) is 0 Å². The van der Waals surface area contributed by atoms with Crippen molar-refractivity contribution in [2.45, 2.75) is 45.7 Å². The number of hydrogen-bond acceptors (Lipinski definition) is 6. The lowest BCUT2D eigenvalue weighted by molar-refractivity contribution is -0.121.